The van der Waals surface area contributed by atoms with E-state index in [1.807, 2.05) is 0 Å². The van der Waals surface area contributed by atoms with E-state index < -0.39 is 6.10 Å². The maximum Gasteiger partial charge on any atom is 0.306 e. The van der Waals surface area contributed by atoms with Crippen molar-refractivity contribution in [1.82, 2.24) is 0 Å². The van der Waals surface area contributed by atoms with Crippen molar-refractivity contribution in [3.63, 3.8) is 0 Å². The molecule has 0 radical (unpaired) electrons. The largest absolute Gasteiger partial charge is 0.462 e. The highest BCUT2D eigenvalue weighted by Gasteiger charge is 2.19. The fourth-order valence-electron chi connectivity index (χ4n) is 7.49. The Balaban J connectivity index is 4.39. The first-order valence-corrected chi connectivity index (χ1v) is 26.8. The van der Waals surface area contributed by atoms with Crippen molar-refractivity contribution in [2.45, 2.75) is 271 Å². The molecule has 0 unspecified atom stereocenters. The summed E-state index contributed by atoms with van der Waals surface area (Å²) in [6.07, 6.45) is 63.5. The summed E-state index contributed by atoms with van der Waals surface area (Å²) in [6, 6.07) is 0. The van der Waals surface area contributed by atoms with E-state index in [1.54, 1.807) is 0 Å². The Kier molecular flexibility index (Phi) is 49.4. The molecule has 0 N–H and O–H groups in total. The minimum Gasteiger partial charge on any atom is -0.462 e. The lowest BCUT2D eigenvalue weighted by Gasteiger charge is -2.18. The summed E-state index contributed by atoms with van der Waals surface area (Å²) in [7, 11) is 0. The van der Waals surface area contributed by atoms with Crippen molar-refractivity contribution < 1.29 is 28.6 Å². The van der Waals surface area contributed by atoms with Crippen LogP contribution < -0.4 is 0 Å². The summed E-state index contributed by atoms with van der Waals surface area (Å²) in [5.41, 5.74) is 0. The van der Waals surface area contributed by atoms with Gasteiger partial charge >= 0.3 is 17.9 Å². The maximum atomic E-state index is 12.8. The highest BCUT2D eigenvalue weighted by molar-refractivity contribution is 5.71. The number of ether oxygens (including phenoxy) is 3. The predicted molar refractivity (Wildman–Crippen MR) is 270 cm³/mol. The van der Waals surface area contributed by atoms with Crippen LogP contribution in [-0.2, 0) is 28.6 Å². The third-order valence-electron chi connectivity index (χ3n) is 11.5. The van der Waals surface area contributed by atoms with E-state index in [4.69, 9.17) is 14.2 Å². The maximum absolute atomic E-state index is 12.8. The summed E-state index contributed by atoms with van der Waals surface area (Å²) in [5, 5.41) is 0. The molecule has 0 amide bonds. The number of allylic oxidation sites excluding steroid dienone is 10. The fourth-order valence-corrected chi connectivity index (χ4v) is 7.49. The molecule has 1 atom stereocenters. The van der Waals surface area contributed by atoms with Gasteiger partial charge in [0.25, 0.3) is 0 Å². The Hall–Kier alpha value is -2.89. The number of carbonyl (C=O) groups is 3. The van der Waals surface area contributed by atoms with Crippen molar-refractivity contribution >= 4 is 17.9 Å². The quantitative estimate of drug-likeness (QED) is 0.0262. The van der Waals surface area contributed by atoms with Crippen LogP contribution >= 0.6 is 0 Å². The van der Waals surface area contributed by atoms with Crippen LogP contribution in [0, 0.1) is 0 Å². The third kappa shape index (κ3) is 50.0. The second-order valence-electron chi connectivity index (χ2n) is 17.8. The van der Waals surface area contributed by atoms with E-state index in [0.717, 1.165) is 83.5 Å². The number of esters is 3. The molecule has 0 rings (SSSR count). The number of hydrogen-bond acceptors (Lipinski definition) is 6. The summed E-state index contributed by atoms with van der Waals surface area (Å²) in [4.78, 5) is 38.0. The molecule has 0 fully saturated rings. The van der Waals surface area contributed by atoms with Gasteiger partial charge in [-0.05, 0) is 83.5 Å². The van der Waals surface area contributed by atoms with Crippen LogP contribution in [0.25, 0.3) is 0 Å². The molecule has 0 heterocycles. The van der Waals surface area contributed by atoms with Gasteiger partial charge in [-0.25, -0.2) is 0 Å². The first-order chi connectivity index (χ1) is 31.0. The normalized spacial score (nSPS) is 12.5. The van der Waals surface area contributed by atoms with Gasteiger partial charge in [0.2, 0.25) is 0 Å². The zero-order valence-corrected chi connectivity index (χ0v) is 41.6. The Morgan fingerprint density at radius 3 is 1.05 bits per heavy atom. The molecule has 0 bridgehead atoms. The van der Waals surface area contributed by atoms with Crippen molar-refractivity contribution in [2.24, 2.45) is 0 Å². The average molecular weight is 881 g/mol. The van der Waals surface area contributed by atoms with Gasteiger partial charge < -0.3 is 14.2 Å². The van der Waals surface area contributed by atoms with Crippen LogP contribution in [0.15, 0.2) is 60.8 Å². The van der Waals surface area contributed by atoms with E-state index in [2.05, 4.69) is 81.5 Å². The van der Waals surface area contributed by atoms with E-state index >= 15 is 0 Å². The van der Waals surface area contributed by atoms with Gasteiger partial charge in [-0.1, -0.05) is 223 Å². The molecule has 0 aliphatic rings. The van der Waals surface area contributed by atoms with Gasteiger partial charge in [-0.3, -0.25) is 14.4 Å². The second-order valence-corrected chi connectivity index (χ2v) is 17.8. The summed E-state index contributed by atoms with van der Waals surface area (Å²) in [6.45, 7) is 6.48. The van der Waals surface area contributed by atoms with Gasteiger partial charge in [0.1, 0.15) is 13.2 Å². The molecule has 0 spiro atoms. The van der Waals surface area contributed by atoms with E-state index in [9.17, 15) is 14.4 Å². The molecule has 0 saturated carbocycles. The fraction of sp³-hybridized carbons (Fsp3) is 0.772. The number of hydrogen-bond donors (Lipinski definition) is 0. The molecule has 0 saturated heterocycles. The van der Waals surface area contributed by atoms with Crippen LogP contribution in [0.1, 0.15) is 265 Å². The second kappa shape index (κ2) is 51.7. The van der Waals surface area contributed by atoms with Gasteiger partial charge in [0.15, 0.2) is 6.10 Å². The highest BCUT2D eigenvalue weighted by atomic mass is 16.6. The number of rotatable bonds is 48. The molecule has 0 aliphatic heterocycles. The van der Waals surface area contributed by atoms with Crippen molar-refractivity contribution in [1.29, 1.82) is 0 Å². The molecule has 0 aliphatic carbocycles. The number of unbranched alkanes of at least 4 members (excludes halogenated alkanes) is 27. The van der Waals surface area contributed by atoms with Gasteiger partial charge in [0.05, 0.1) is 0 Å². The molecule has 0 aromatic heterocycles. The van der Waals surface area contributed by atoms with Crippen LogP contribution in [0.5, 0.6) is 0 Å². The Bertz CT molecular complexity index is 1150. The SMILES string of the molecule is CC/C=C\C/C=C\C/C=C\C/C=C\CCCCC(=O)O[C@H](COC(=O)CCCCCCC/C=C\CCCCC)COC(=O)CCCCCCCCCCCCCCCCCCCC. The van der Waals surface area contributed by atoms with Crippen molar-refractivity contribution in [2.75, 3.05) is 13.2 Å². The Morgan fingerprint density at radius 1 is 0.333 bits per heavy atom. The minimum absolute atomic E-state index is 0.0914. The Morgan fingerprint density at radius 2 is 0.619 bits per heavy atom. The molecule has 6 heteroatoms. The van der Waals surface area contributed by atoms with Gasteiger partial charge in [0, 0.05) is 19.3 Å². The first kappa shape index (κ1) is 60.1. The van der Waals surface area contributed by atoms with Gasteiger partial charge in [-0.15, -0.1) is 0 Å². The van der Waals surface area contributed by atoms with E-state index in [-0.39, 0.29) is 37.5 Å². The van der Waals surface area contributed by atoms with Crippen molar-refractivity contribution in [3.05, 3.63) is 60.8 Å². The third-order valence-corrected chi connectivity index (χ3v) is 11.5. The van der Waals surface area contributed by atoms with Crippen LogP contribution in [0.4, 0.5) is 0 Å². The average Bonchev–Trinajstić information content (AvgIpc) is 3.28. The zero-order valence-electron chi connectivity index (χ0n) is 41.6. The van der Waals surface area contributed by atoms with E-state index in [1.165, 1.54) is 135 Å². The minimum atomic E-state index is -0.796. The van der Waals surface area contributed by atoms with Crippen LogP contribution in [0.3, 0.4) is 0 Å². The standard InChI is InChI=1S/C57H100O6/c1-4-7-10-13-16-19-22-25-27-28-29-31-32-35-38-41-44-47-50-56(59)62-53-54(52-61-55(58)49-46-43-40-37-34-24-21-18-15-12-9-6-3)63-57(60)51-48-45-42-39-36-33-30-26-23-20-17-14-11-8-5-2/h8,11,17-18,20-21,26,30,36,39,54H,4-7,9-10,12-16,19,22-25,27-29,31-35,37-38,40-53H2,1-3H3/b11-8-,20-17-,21-18-,30-26-,39-36-/t54-/m1/s1. The van der Waals surface area contributed by atoms with E-state index in [0.29, 0.717) is 19.3 Å². The zero-order chi connectivity index (χ0) is 45.8. The smallest absolute Gasteiger partial charge is 0.306 e. The van der Waals surface area contributed by atoms with Crippen molar-refractivity contribution in [3.8, 4) is 0 Å². The number of carbonyl (C=O) groups excluding carboxylic acids is 3. The predicted octanol–water partition coefficient (Wildman–Crippen LogP) is 17.6. The summed E-state index contributed by atoms with van der Waals surface area (Å²) < 4.78 is 16.8. The Labute approximate surface area is 390 Å². The summed E-state index contributed by atoms with van der Waals surface area (Å²) >= 11 is 0. The molecular weight excluding hydrogens is 781 g/mol. The molecule has 6 nitrogen and oxygen atoms in total. The molecular formula is C57H100O6. The highest BCUT2D eigenvalue weighted by Crippen LogP contribution is 2.16. The van der Waals surface area contributed by atoms with Crippen LogP contribution in [-0.4, -0.2) is 37.2 Å². The van der Waals surface area contributed by atoms with Gasteiger partial charge in [-0.2, -0.15) is 0 Å². The monoisotopic (exact) mass is 881 g/mol. The molecule has 0 aromatic carbocycles. The first-order valence-electron chi connectivity index (χ1n) is 26.8. The molecule has 0 aromatic rings. The molecule has 63 heavy (non-hydrogen) atoms. The lowest BCUT2D eigenvalue weighted by Crippen LogP contribution is -2.30. The van der Waals surface area contributed by atoms with Crippen LogP contribution in [0.2, 0.25) is 0 Å². The lowest BCUT2D eigenvalue weighted by molar-refractivity contribution is -0.167. The lowest BCUT2D eigenvalue weighted by atomic mass is 10.0. The summed E-state index contributed by atoms with van der Waals surface area (Å²) in [5.74, 6) is -0.936. The topological polar surface area (TPSA) is 78.9 Å². The molecule has 364 valence electrons.